The van der Waals surface area contributed by atoms with Crippen molar-refractivity contribution in [1.29, 1.82) is 0 Å². The minimum Gasteiger partial charge on any atom is -0.423 e. The smallest absolute Gasteiger partial charge is 0.423 e. The Labute approximate surface area is 183 Å². The quantitative estimate of drug-likeness (QED) is 0.454. The Kier molecular flexibility index (Phi) is 5.69. The Morgan fingerprint density at radius 3 is 2.62 bits per heavy atom. The summed E-state index contributed by atoms with van der Waals surface area (Å²) >= 11 is 6.16. The Morgan fingerprint density at radius 2 is 2.03 bits per heavy atom. The number of pyridine rings is 2. The van der Waals surface area contributed by atoms with Crippen LogP contribution in [-0.2, 0) is 6.18 Å². The summed E-state index contributed by atoms with van der Waals surface area (Å²) in [7, 11) is -2.18. The average molecular weight is 469 g/mol. The van der Waals surface area contributed by atoms with E-state index in [1.807, 2.05) is 0 Å². The third kappa shape index (κ3) is 3.96. The van der Waals surface area contributed by atoms with E-state index in [1.165, 1.54) is 23.2 Å². The van der Waals surface area contributed by atoms with E-state index in [2.05, 4.69) is 9.97 Å². The van der Waals surface area contributed by atoms with E-state index in [4.69, 9.17) is 11.6 Å². The minimum absolute atomic E-state index is 0.0567. The van der Waals surface area contributed by atoms with E-state index in [9.17, 15) is 32.4 Å². The number of nitrogens with zero attached hydrogens (tertiary/aromatic N) is 4. The van der Waals surface area contributed by atoms with E-state index in [0.29, 0.717) is 11.6 Å². The number of carbonyl (C=O) groups is 1. The third-order valence-corrected chi connectivity index (χ3v) is 5.41. The molecule has 0 aromatic carbocycles. The maximum Gasteiger partial charge on any atom is 0.489 e. The lowest BCUT2D eigenvalue weighted by atomic mass is 9.81. The molecule has 1 amide bonds. The van der Waals surface area contributed by atoms with Crippen molar-refractivity contribution in [3.05, 3.63) is 64.6 Å². The van der Waals surface area contributed by atoms with Gasteiger partial charge in [-0.1, -0.05) is 17.7 Å². The zero-order valence-electron chi connectivity index (χ0n) is 16.1. The predicted octanol–water partition coefficient (Wildman–Crippen LogP) is 2.15. The highest BCUT2D eigenvalue weighted by Gasteiger charge is 2.37. The molecule has 0 radical (unpaired) electrons. The number of alkyl halides is 3. The van der Waals surface area contributed by atoms with E-state index in [-0.39, 0.29) is 25.2 Å². The Bertz CT molecular complexity index is 1250. The van der Waals surface area contributed by atoms with Gasteiger partial charge in [0.25, 0.3) is 5.91 Å². The van der Waals surface area contributed by atoms with Gasteiger partial charge in [-0.3, -0.25) is 14.2 Å². The summed E-state index contributed by atoms with van der Waals surface area (Å²) in [6.45, 7) is 0.207. The van der Waals surface area contributed by atoms with Gasteiger partial charge >= 0.3 is 13.3 Å². The normalized spacial score (nSPS) is 14.6. The maximum atomic E-state index is 13.9. The van der Waals surface area contributed by atoms with Crippen molar-refractivity contribution in [3.8, 4) is 0 Å². The fourth-order valence-electron chi connectivity index (χ4n) is 3.46. The molecular formula is C19H14BClF4N4O3. The summed E-state index contributed by atoms with van der Waals surface area (Å²) < 4.78 is 55.2. The zero-order valence-corrected chi connectivity index (χ0v) is 16.9. The van der Waals surface area contributed by atoms with Crippen LogP contribution in [0.2, 0.25) is 5.15 Å². The Hall–Kier alpha value is -2.96. The van der Waals surface area contributed by atoms with Gasteiger partial charge < -0.3 is 14.9 Å². The second kappa shape index (κ2) is 8.19. The van der Waals surface area contributed by atoms with Crippen LogP contribution in [0.5, 0.6) is 0 Å². The van der Waals surface area contributed by atoms with Crippen molar-refractivity contribution >= 4 is 41.3 Å². The van der Waals surface area contributed by atoms with Crippen LogP contribution in [0.3, 0.4) is 0 Å². The molecule has 0 unspecified atom stereocenters. The van der Waals surface area contributed by atoms with Crippen LogP contribution < -0.4 is 5.46 Å². The fraction of sp³-hybridized carbons (Fsp3) is 0.211. The van der Waals surface area contributed by atoms with Crippen molar-refractivity contribution in [1.82, 2.24) is 19.3 Å². The highest BCUT2D eigenvalue weighted by molar-refractivity contribution is 6.58. The molecule has 1 aliphatic heterocycles. The van der Waals surface area contributed by atoms with Crippen molar-refractivity contribution in [2.24, 2.45) is 0 Å². The summed E-state index contributed by atoms with van der Waals surface area (Å²) in [6.07, 6.45) is -0.573. The van der Waals surface area contributed by atoms with Gasteiger partial charge in [-0.2, -0.15) is 13.2 Å². The molecule has 3 aromatic heterocycles. The van der Waals surface area contributed by atoms with Crippen molar-refractivity contribution in [3.63, 3.8) is 0 Å². The molecule has 0 bridgehead atoms. The number of aromatic nitrogens is 3. The van der Waals surface area contributed by atoms with Gasteiger partial charge in [0, 0.05) is 25.5 Å². The maximum absolute atomic E-state index is 13.9. The SMILES string of the molecule is O=C(c1nc2c(C(F)(F)F)cc(B(O)O)cn2c1Cl)N1CC=C(c2ncccc2F)CC1. The van der Waals surface area contributed by atoms with Crippen LogP contribution in [0, 0.1) is 5.82 Å². The third-order valence-electron chi connectivity index (χ3n) is 5.05. The zero-order chi connectivity index (χ0) is 23.2. The molecule has 0 aliphatic carbocycles. The van der Waals surface area contributed by atoms with Crippen LogP contribution in [-0.4, -0.2) is 55.4 Å². The molecule has 0 spiro atoms. The van der Waals surface area contributed by atoms with E-state index >= 15 is 0 Å². The van der Waals surface area contributed by atoms with E-state index < -0.39 is 52.5 Å². The van der Waals surface area contributed by atoms with Crippen molar-refractivity contribution < 1.29 is 32.4 Å². The summed E-state index contributed by atoms with van der Waals surface area (Å²) in [5, 5.41) is 18.2. The summed E-state index contributed by atoms with van der Waals surface area (Å²) in [4.78, 5) is 22.1. The molecule has 0 fully saturated rings. The number of carbonyl (C=O) groups excluding carboxylic acids is 1. The van der Waals surface area contributed by atoms with Crippen LogP contribution in [0.25, 0.3) is 11.2 Å². The van der Waals surface area contributed by atoms with Crippen LogP contribution in [0.15, 0.2) is 36.7 Å². The first kappa shape index (κ1) is 22.2. The first-order chi connectivity index (χ1) is 15.1. The molecule has 4 heterocycles. The molecule has 13 heteroatoms. The van der Waals surface area contributed by atoms with E-state index in [1.54, 1.807) is 6.08 Å². The molecule has 1 aliphatic rings. The van der Waals surface area contributed by atoms with E-state index in [0.717, 1.165) is 10.6 Å². The Morgan fingerprint density at radius 1 is 1.28 bits per heavy atom. The average Bonchev–Trinajstić information content (AvgIpc) is 3.09. The number of fused-ring (bicyclic) bond motifs is 1. The fourth-order valence-corrected chi connectivity index (χ4v) is 3.72. The van der Waals surface area contributed by atoms with Gasteiger partial charge in [0.2, 0.25) is 0 Å². The molecule has 4 rings (SSSR count). The van der Waals surface area contributed by atoms with Gasteiger partial charge in [0.1, 0.15) is 16.7 Å². The Balaban J connectivity index is 1.69. The number of imidazole rings is 1. The molecule has 2 N–H and O–H groups in total. The molecule has 0 atom stereocenters. The number of rotatable bonds is 3. The van der Waals surface area contributed by atoms with Gasteiger partial charge in [0.05, 0.1) is 5.56 Å². The van der Waals surface area contributed by atoms with Gasteiger partial charge in [-0.25, -0.2) is 9.37 Å². The molecule has 0 saturated heterocycles. The molecular weight excluding hydrogens is 454 g/mol. The molecule has 0 saturated carbocycles. The standard InChI is InChI=1S/C19H14BClF4N4O3/c21-16-15(27-17-12(19(23,24)25)8-11(20(31)32)9-29(16)17)18(30)28-6-3-10(4-7-28)14-13(22)2-1-5-26-14/h1-3,5,8-9,31-32H,4,6-7H2. The minimum atomic E-state index is -4.88. The lowest BCUT2D eigenvalue weighted by Crippen LogP contribution is -2.35. The number of hydrogen-bond donors (Lipinski definition) is 2. The molecule has 166 valence electrons. The molecule has 7 nitrogen and oxygen atoms in total. The van der Waals surface area contributed by atoms with Gasteiger partial charge in [0.15, 0.2) is 11.3 Å². The first-order valence-electron chi connectivity index (χ1n) is 9.32. The highest BCUT2D eigenvalue weighted by Crippen LogP contribution is 2.34. The second-order valence-electron chi connectivity index (χ2n) is 7.07. The van der Waals surface area contributed by atoms with Crippen LogP contribution in [0.1, 0.15) is 28.2 Å². The summed E-state index contributed by atoms with van der Waals surface area (Å²) in [6, 6.07) is 3.27. The molecule has 32 heavy (non-hydrogen) atoms. The predicted molar refractivity (Wildman–Crippen MR) is 108 cm³/mol. The van der Waals surface area contributed by atoms with Crippen LogP contribution in [0.4, 0.5) is 17.6 Å². The van der Waals surface area contributed by atoms with Crippen molar-refractivity contribution in [2.75, 3.05) is 13.1 Å². The van der Waals surface area contributed by atoms with Crippen molar-refractivity contribution in [2.45, 2.75) is 12.6 Å². The largest absolute Gasteiger partial charge is 0.489 e. The number of halogens is 5. The monoisotopic (exact) mass is 468 g/mol. The lowest BCUT2D eigenvalue weighted by molar-refractivity contribution is -0.136. The first-order valence-corrected chi connectivity index (χ1v) is 9.69. The topological polar surface area (TPSA) is 91.0 Å². The summed E-state index contributed by atoms with van der Waals surface area (Å²) in [5.41, 5.74) is -2.01. The molecule has 3 aromatic rings. The summed E-state index contributed by atoms with van der Waals surface area (Å²) in [5.74, 6) is -1.21. The van der Waals surface area contributed by atoms with Crippen LogP contribution >= 0.6 is 11.6 Å². The number of amides is 1. The second-order valence-corrected chi connectivity index (χ2v) is 7.43. The number of hydrogen-bond acceptors (Lipinski definition) is 5. The highest BCUT2D eigenvalue weighted by atomic mass is 35.5. The van der Waals surface area contributed by atoms with Gasteiger partial charge in [-0.05, 0) is 35.7 Å². The van der Waals surface area contributed by atoms with Gasteiger partial charge in [-0.15, -0.1) is 0 Å². The lowest BCUT2D eigenvalue weighted by Gasteiger charge is -2.25.